The molecule has 0 amide bonds. The molecule has 2 nitrogen and oxygen atoms in total. The van der Waals surface area contributed by atoms with Crippen molar-refractivity contribution >= 4 is 11.6 Å². The number of benzene rings is 1. The van der Waals surface area contributed by atoms with Crippen LogP contribution in [0.1, 0.15) is 63.5 Å². The molecule has 0 aliphatic heterocycles. The fraction of sp³-hybridized carbons (Fsp3) is 0.500. The van der Waals surface area contributed by atoms with Crippen molar-refractivity contribution in [3.8, 4) is 11.5 Å². The molecule has 23 heavy (non-hydrogen) atoms. The molecule has 0 spiro atoms. The lowest BCUT2D eigenvalue weighted by Crippen LogP contribution is -2.08. The summed E-state index contributed by atoms with van der Waals surface area (Å²) in [6.45, 7) is 10.3. The van der Waals surface area contributed by atoms with Crippen molar-refractivity contribution in [2.24, 2.45) is 5.92 Å². The molecular formula is C20H27ClO2. The Kier molecular flexibility index (Phi) is 5.80. The Hall–Kier alpha value is -1.41. The van der Waals surface area contributed by atoms with Crippen LogP contribution in [0.25, 0.3) is 0 Å². The molecular weight excluding hydrogens is 308 g/mol. The lowest BCUT2D eigenvalue weighted by molar-refractivity contribution is 0.423. The van der Waals surface area contributed by atoms with E-state index in [4.69, 9.17) is 11.6 Å². The van der Waals surface area contributed by atoms with E-state index in [1.807, 2.05) is 6.92 Å². The molecule has 1 aromatic carbocycles. The lowest BCUT2D eigenvalue weighted by Gasteiger charge is -2.23. The smallest absolute Gasteiger partial charge is 0.141 e. The Balaban J connectivity index is 2.40. The first kappa shape index (κ1) is 17.9. The minimum atomic E-state index is -0.0605. The van der Waals surface area contributed by atoms with Gasteiger partial charge in [-0.15, -0.1) is 0 Å². The van der Waals surface area contributed by atoms with Gasteiger partial charge in [-0.3, -0.25) is 0 Å². The van der Waals surface area contributed by atoms with E-state index in [1.54, 1.807) is 6.07 Å². The second-order valence-corrected chi connectivity index (χ2v) is 7.16. The Morgan fingerprint density at radius 3 is 2.65 bits per heavy atom. The van der Waals surface area contributed by atoms with Gasteiger partial charge in [0.15, 0.2) is 0 Å². The largest absolute Gasteiger partial charge is 0.507 e. The molecule has 1 aliphatic rings. The highest BCUT2D eigenvalue weighted by atomic mass is 35.5. The Bertz CT molecular complexity index is 631. The number of aromatic hydroxyl groups is 2. The van der Waals surface area contributed by atoms with E-state index in [0.29, 0.717) is 10.6 Å². The van der Waals surface area contributed by atoms with E-state index in [0.717, 1.165) is 43.2 Å². The van der Waals surface area contributed by atoms with Crippen LogP contribution in [-0.2, 0) is 6.42 Å². The van der Waals surface area contributed by atoms with Crippen molar-refractivity contribution in [1.29, 1.82) is 0 Å². The van der Waals surface area contributed by atoms with Gasteiger partial charge < -0.3 is 10.2 Å². The Morgan fingerprint density at radius 2 is 2.04 bits per heavy atom. The minimum Gasteiger partial charge on any atom is -0.507 e. The second kappa shape index (κ2) is 7.44. The van der Waals surface area contributed by atoms with Crippen LogP contribution in [0.3, 0.4) is 0 Å². The van der Waals surface area contributed by atoms with Gasteiger partial charge in [0.25, 0.3) is 0 Å². The highest BCUT2D eigenvalue weighted by Crippen LogP contribution is 2.50. The molecule has 0 heterocycles. The van der Waals surface area contributed by atoms with Gasteiger partial charge in [-0.05, 0) is 50.7 Å². The van der Waals surface area contributed by atoms with Crippen molar-refractivity contribution in [2.75, 3.05) is 0 Å². The number of hydrogen-bond donors (Lipinski definition) is 2. The zero-order valence-electron chi connectivity index (χ0n) is 14.3. The Morgan fingerprint density at radius 1 is 1.35 bits per heavy atom. The molecule has 126 valence electrons. The van der Waals surface area contributed by atoms with E-state index in [1.165, 1.54) is 5.57 Å². The lowest BCUT2D eigenvalue weighted by atomic mass is 9.83. The molecule has 0 bridgehead atoms. The quantitative estimate of drug-likeness (QED) is 0.486. The summed E-state index contributed by atoms with van der Waals surface area (Å²) in [5, 5.41) is 21.5. The van der Waals surface area contributed by atoms with Gasteiger partial charge in [0.2, 0.25) is 0 Å². The number of unbranched alkanes of at least 4 members (excludes halogenated alkanes) is 2. The van der Waals surface area contributed by atoms with E-state index < -0.39 is 0 Å². The molecule has 0 fully saturated rings. The SMILES string of the molecule is C=C(C)[C@@H]1CC(C)=C[C@H]1c1c(O)cc(CCCCC)c(Cl)c1O. The van der Waals surface area contributed by atoms with Crippen molar-refractivity contribution < 1.29 is 10.2 Å². The van der Waals surface area contributed by atoms with Gasteiger partial charge in [-0.2, -0.15) is 0 Å². The molecule has 3 heteroatoms. The summed E-state index contributed by atoms with van der Waals surface area (Å²) < 4.78 is 0. The fourth-order valence-electron chi connectivity index (χ4n) is 3.50. The third kappa shape index (κ3) is 3.74. The average Bonchev–Trinajstić information content (AvgIpc) is 2.86. The van der Waals surface area contributed by atoms with Crippen LogP contribution < -0.4 is 0 Å². The summed E-state index contributed by atoms with van der Waals surface area (Å²) in [7, 11) is 0. The minimum absolute atomic E-state index is 0.0281. The highest BCUT2D eigenvalue weighted by molar-refractivity contribution is 6.33. The van der Waals surface area contributed by atoms with Gasteiger partial charge in [-0.25, -0.2) is 0 Å². The van der Waals surface area contributed by atoms with Gasteiger partial charge in [-0.1, -0.05) is 55.2 Å². The number of halogens is 1. The normalized spacial score (nSPS) is 20.6. The van der Waals surface area contributed by atoms with Gasteiger partial charge in [0, 0.05) is 11.5 Å². The van der Waals surface area contributed by atoms with Gasteiger partial charge >= 0.3 is 0 Å². The molecule has 2 atom stereocenters. The second-order valence-electron chi connectivity index (χ2n) is 6.78. The first-order chi connectivity index (χ1) is 10.9. The summed E-state index contributed by atoms with van der Waals surface area (Å²) in [4.78, 5) is 0. The van der Waals surface area contributed by atoms with Crippen molar-refractivity contribution in [2.45, 2.75) is 58.8 Å². The van der Waals surface area contributed by atoms with E-state index in [2.05, 4.69) is 26.5 Å². The maximum Gasteiger partial charge on any atom is 0.141 e. The van der Waals surface area contributed by atoms with E-state index in [9.17, 15) is 10.2 Å². The third-order valence-electron chi connectivity index (χ3n) is 4.79. The first-order valence-corrected chi connectivity index (χ1v) is 8.80. The summed E-state index contributed by atoms with van der Waals surface area (Å²) in [6, 6.07) is 1.73. The standard InChI is InChI=1S/C20H27ClO2/c1-5-6-7-8-14-11-17(22)18(20(23)19(14)21)16-10-13(4)9-15(16)12(2)3/h10-11,15-16,22-23H,2,5-9H2,1,3-4H3/t15-,16+/m0/s1. The maximum absolute atomic E-state index is 10.6. The van der Waals surface area contributed by atoms with E-state index >= 15 is 0 Å². The monoisotopic (exact) mass is 334 g/mol. The number of rotatable bonds is 6. The molecule has 0 radical (unpaired) electrons. The molecule has 2 N–H and O–H groups in total. The van der Waals surface area contributed by atoms with Crippen LogP contribution in [0.2, 0.25) is 5.02 Å². The average molecular weight is 335 g/mol. The summed E-state index contributed by atoms with van der Waals surface area (Å²) in [6.07, 6.45) is 7.04. The van der Waals surface area contributed by atoms with Crippen molar-refractivity contribution in [3.05, 3.63) is 46.0 Å². The van der Waals surface area contributed by atoms with Crippen LogP contribution in [0.4, 0.5) is 0 Å². The predicted octanol–water partition coefficient (Wildman–Crippen LogP) is 6.11. The molecule has 2 rings (SSSR count). The topological polar surface area (TPSA) is 40.5 Å². The summed E-state index contributed by atoms with van der Waals surface area (Å²) in [5.41, 5.74) is 3.68. The number of aryl methyl sites for hydroxylation is 1. The third-order valence-corrected chi connectivity index (χ3v) is 5.21. The molecule has 0 unspecified atom stereocenters. The van der Waals surface area contributed by atoms with Crippen LogP contribution in [0.5, 0.6) is 11.5 Å². The molecule has 0 saturated carbocycles. The van der Waals surface area contributed by atoms with Crippen LogP contribution in [0.15, 0.2) is 29.9 Å². The Labute approximate surface area is 144 Å². The number of hydrogen-bond acceptors (Lipinski definition) is 2. The summed E-state index contributed by atoms with van der Waals surface area (Å²) in [5.74, 6) is 0.310. The van der Waals surface area contributed by atoms with Gasteiger partial charge in [0.05, 0.1) is 5.02 Å². The molecule has 1 aliphatic carbocycles. The zero-order valence-corrected chi connectivity index (χ0v) is 15.1. The number of allylic oxidation sites excluding steroid dienone is 3. The first-order valence-electron chi connectivity index (χ1n) is 8.42. The highest BCUT2D eigenvalue weighted by Gasteiger charge is 2.32. The predicted molar refractivity (Wildman–Crippen MR) is 97.4 cm³/mol. The van der Waals surface area contributed by atoms with Crippen LogP contribution >= 0.6 is 11.6 Å². The molecule has 1 aromatic rings. The van der Waals surface area contributed by atoms with Crippen LogP contribution in [-0.4, -0.2) is 10.2 Å². The van der Waals surface area contributed by atoms with Crippen LogP contribution in [0, 0.1) is 5.92 Å². The van der Waals surface area contributed by atoms with Gasteiger partial charge in [0.1, 0.15) is 11.5 Å². The van der Waals surface area contributed by atoms with E-state index in [-0.39, 0.29) is 23.3 Å². The number of phenolic OH excluding ortho intramolecular Hbond substituents is 2. The summed E-state index contributed by atoms with van der Waals surface area (Å²) >= 11 is 6.39. The van der Waals surface area contributed by atoms with Crippen molar-refractivity contribution in [3.63, 3.8) is 0 Å². The fourth-order valence-corrected chi connectivity index (χ4v) is 3.75. The zero-order chi connectivity index (χ0) is 17.1. The maximum atomic E-state index is 10.6. The molecule has 0 aromatic heterocycles. The number of phenols is 2. The van der Waals surface area contributed by atoms with Crippen molar-refractivity contribution in [1.82, 2.24) is 0 Å². The molecule has 0 saturated heterocycles.